The third-order valence-electron chi connectivity index (χ3n) is 3.63. The monoisotopic (exact) mass is 351 g/mol. The Morgan fingerprint density at radius 3 is 2.90 bits per heavy atom. The first kappa shape index (κ1) is 16.1. The minimum Gasteiger partial charge on any atom is -0.271 e. The highest BCUT2D eigenvalue weighted by atomic mass is 79.9. The van der Waals surface area contributed by atoms with Gasteiger partial charge < -0.3 is 0 Å². The number of aryl methyl sites for hydroxylation is 3. The summed E-state index contributed by atoms with van der Waals surface area (Å²) in [6.45, 7) is 4.98. The summed E-state index contributed by atoms with van der Waals surface area (Å²) in [5.74, 6) is 5.72. The number of aromatic nitrogens is 3. The lowest BCUT2D eigenvalue weighted by atomic mass is 10.0. The van der Waals surface area contributed by atoms with E-state index in [1.54, 1.807) is 6.20 Å². The van der Waals surface area contributed by atoms with Crippen LogP contribution in [-0.4, -0.2) is 20.8 Å². The van der Waals surface area contributed by atoms with Crippen LogP contribution in [0.2, 0.25) is 0 Å². The second-order valence-electron chi connectivity index (χ2n) is 5.13. The maximum atomic E-state index is 5.72. The molecule has 3 N–H and O–H groups in total. The standard InChI is InChI=1S/C15H22BrN5/c1-3-21-14(15(16)11(2)20-21)9-13(19-17)7-6-12-5-4-8-18-10-12/h4-5,8,10,13,19H,3,6-7,9,17H2,1-2H3. The van der Waals surface area contributed by atoms with Crippen LogP contribution in [0.15, 0.2) is 29.0 Å². The van der Waals surface area contributed by atoms with Gasteiger partial charge in [-0.05, 0) is 54.2 Å². The van der Waals surface area contributed by atoms with Gasteiger partial charge in [-0.3, -0.25) is 20.9 Å². The predicted molar refractivity (Wildman–Crippen MR) is 87.7 cm³/mol. The highest BCUT2D eigenvalue weighted by Gasteiger charge is 2.17. The summed E-state index contributed by atoms with van der Waals surface area (Å²) < 4.78 is 3.12. The normalized spacial score (nSPS) is 12.6. The molecule has 2 aromatic rings. The van der Waals surface area contributed by atoms with Crippen molar-refractivity contribution in [3.05, 3.63) is 46.0 Å². The Labute approximate surface area is 134 Å². The number of nitrogens with two attached hydrogens (primary N) is 1. The van der Waals surface area contributed by atoms with E-state index in [4.69, 9.17) is 5.84 Å². The van der Waals surface area contributed by atoms with Crippen LogP contribution in [0, 0.1) is 6.92 Å². The van der Waals surface area contributed by atoms with E-state index in [1.807, 2.05) is 23.9 Å². The third kappa shape index (κ3) is 4.12. The first-order valence-corrected chi connectivity index (χ1v) is 8.01. The molecule has 0 aliphatic carbocycles. The minimum absolute atomic E-state index is 0.211. The van der Waals surface area contributed by atoms with Gasteiger partial charge >= 0.3 is 0 Å². The van der Waals surface area contributed by atoms with Gasteiger partial charge in [0.2, 0.25) is 0 Å². The fraction of sp³-hybridized carbons (Fsp3) is 0.467. The van der Waals surface area contributed by atoms with E-state index >= 15 is 0 Å². The van der Waals surface area contributed by atoms with Crippen molar-refractivity contribution in [1.82, 2.24) is 20.2 Å². The van der Waals surface area contributed by atoms with Crippen molar-refractivity contribution in [3.63, 3.8) is 0 Å². The van der Waals surface area contributed by atoms with Crippen LogP contribution in [0.1, 0.15) is 30.3 Å². The van der Waals surface area contributed by atoms with E-state index in [2.05, 4.69) is 44.4 Å². The molecule has 0 saturated heterocycles. The van der Waals surface area contributed by atoms with Crippen LogP contribution in [-0.2, 0) is 19.4 Å². The summed E-state index contributed by atoms with van der Waals surface area (Å²) in [6.07, 6.45) is 6.47. The Bertz CT molecular complexity index is 567. The molecule has 1 unspecified atom stereocenters. The third-order valence-corrected chi connectivity index (χ3v) is 4.66. The highest BCUT2D eigenvalue weighted by molar-refractivity contribution is 9.10. The number of hydrazine groups is 1. The quantitative estimate of drug-likeness (QED) is 0.593. The van der Waals surface area contributed by atoms with Crippen molar-refractivity contribution in [2.75, 3.05) is 0 Å². The maximum Gasteiger partial charge on any atom is 0.0738 e. The van der Waals surface area contributed by atoms with Gasteiger partial charge in [-0.1, -0.05) is 6.07 Å². The van der Waals surface area contributed by atoms with Crippen molar-refractivity contribution >= 4 is 15.9 Å². The molecule has 0 saturated carbocycles. The number of nitrogens with zero attached hydrogens (tertiary/aromatic N) is 3. The summed E-state index contributed by atoms with van der Waals surface area (Å²) in [5, 5.41) is 4.53. The number of halogens is 1. The topological polar surface area (TPSA) is 68.8 Å². The van der Waals surface area contributed by atoms with Gasteiger partial charge in [-0.2, -0.15) is 5.10 Å². The summed E-state index contributed by atoms with van der Waals surface area (Å²) in [7, 11) is 0. The average molecular weight is 352 g/mol. The van der Waals surface area contributed by atoms with Gasteiger partial charge in [0, 0.05) is 31.4 Å². The Morgan fingerprint density at radius 1 is 1.48 bits per heavy atom. The summed E-state index contributed by atoms with van der Waals surface area (Å²) in [5.41, 5.74) is 6.38. The van der Waals surface area contributed by atoms with Gasteiger partial charge in [0.15, 0.2) is 0 Å². The molecule has 2 rings (SSSR count). The zero-order chi connectivity index (χ0) is 15.2. The molecule has 0 amide bonds. The minimum atomic E-state index is 0.211. The smallest absolute Gasteiger partial charge is 0.0738 e. The fourth-order valence-corrected chi connectivity index (χ4v) is 2.87. The predicted octanol–water partition coefficient (Wildman–Crippen LogP) is 2.38. The maximum absolute atomic E-state index is 5.72. The van der Waals surface area contributed by atoms with Crippen molar-refractivity contribution in [1.29, 1.82) is 0 Å². The lowest BCUT2D eigenvalue weighted by molar-refractivity contribution is 0.470. The molecule has 0 spiro atoms. The Kier molecular flexibility index (Phi) is 5.90. The molecule has 0 aliphatic heterocycles. The molecule has 1 atom stereocenters. The Balaban J connectivity index is 2.02. The molecule has 0 radical (unpaired) electrons. The van der Waals surface area contributed by atoms with E-state index < -0.39 is 0 Å². The van der Waals surface area contributed by atoms with E-state index in [-0.39, 0.29) is 6.04 Å². The molecule has 0 aromatic carbocycles. The number of rotatable bonds is 7. The summed E-state index contributed by atoms with van der Waals surface area (Å²) in [6, 6.07) is 4.27. The van der Waals surface area contributed by atoms with Crippen LogP contribution < -0.4 is 11.3 Å². The molecule has 114 valence electrons. The van der Waals surface area contributed by atoms with Gasteiger partial charge in [-0.15, -0.1) is 0 Å². The zero-order valence-electron chi connectivity index (χ0n) is 12.5. The van der Waals surface area contributed by atoms with Crippen LogP contribution in [0.5, 0.6) is 0 Å². The van der Waals surface area contributed by atoms with Gasteiger partial charge in [0.1, 0.15) is 0 Å². The van der Waals surface area contributed by atoms with E-state index in [1.165, 1.54) is 11.3 Å². The lowest BCUT2D eigenvalue weighted by Crippen LogP contribution is -2.37. The number of hydrogen-bond donors (Lipinski definition) is 2. The second-order valence-corrected chi connectivity index (χ2v) is 5.92. The Hall–Kier alpha value is -1.24. The van der Waals surface area contributed by atoms with Gasteiger partial charge in [0.05, 0.1) is 15.9 Å². The highest BCUT2D eigenvalue weighted by Crippen LogP contribution is 2.23. The largest absolute Gasteiger partial charge is 0.271 e. The van der Waals surface area contributed by atoms with E-state index in [0.717, 1.165) is 36.0 Å². The van der Waals surface area contributed by atoms with Crippen molar-refractivity contribution in [3.8, 4) is 0 Å². The van der Waals surface area contributed by atoms with E-state index in [9.17, 15) is 0 Å². The van der Waals surface area contributed by atoms with Crippen LogP contribution in [0.25, 0.3) is 0 Å². The number of pyridine rings is 1. The van der Waals surface area contributed by atoms with Crippen molar-refractivity contribution < 1.29 is 0 Å². The first-order valence-electron chi connectivity index (χ1n) is 7.22. The molecule has 21 heavy (non-hydrogen) atoms. The average Bonchev–Trinajstić information content (AvgIpc) is 2.79. The molecular formula is C15H22BrN5. The SMILES string of the molecule is CCn1nc(C)c(Br)c1CC(CCc1cccnc1)NN. The van der Waals surface area contributed by atoms with Gasteiger partial charge in [0.25, 0.3) is 0 Å². The second kappa shape index (κ2) is 7.68. The van der Waals surface area contributed by atoms with Crippen LogP contribution in [0.4, 0.5) is 0 Å². The van der Waals surface area contributed by atoms with Gasteiger partial charge in [-0.25, -0.2) is 0 Å². The Morgan fingerprint density at radius 2 is 2.29 bits per heavy atom. The van der Waals surface area contributed by atoms with E-state index in [0.29, 0.717) is 0 Å². The lowest BCUT2D eigenvalue weighted by Gasteiger charge is -2.17. The molecule has 0 fully saturated rings. The van der Waals surface area contributed by atoms with Crippen LogP contribution >= 0.6 is 15.9 Å². The fourth-order valence-electron chi connectivity index (χ4n) is 2.43. The summed E-state index contributed by atoms with van der Waals surface area (Å²) >= 11 is 3.63. The molecule has 2 heterocycles. The summed E-state index contributed by atoms with van der Waals surface area (Å²) in [4.78, 5) is 4.14. The van der Waals surface area contributed by atoms with Crippen molar-refractivity contribution in [2.24, 2.45) is 5.84 Å². The number of hydrogen-bond acceptors (Lipinski definition) is 4. The van der Waals surface area contributed by atoms with Crippen molar-refractivity contribution in [2.45, 2.75) is 45.7 Å². The molecule has 0 aliphatic rings. The molecule has 2 aromatic heterocycles. The number of nitrogens with one attached hydrogen (secondary N) is 1. The van der Waals surface area contributed by atoms with Crippen LogP contribution in [0.3, 0.4) is 0 Å². The molecule has 0 bridgehead atoms. The zero-order valence-corrected chi connectivity index (χ0v) is 14.1. The molecular weight excluding hydrogens is 330 g/mol. The first-order chi connectivity index (χ1) is 10.2. The molecule has 6 heteroatoms. The molecule has 5 nitrogen and oxygen atoms in total.